The van der Waals surface area contributed by atoms with Gasteiger partial charge in [-0.15, -0.1) is 10.2 Å². The molecule has 28 heavy (non-hydrogen) atoms. The van der Waals surface area contributed by atoms with E-state index in [4.69, 9.17) is 5.11 Å². The molecule has 0 unspecified atom stereocenters. The second-order valence-electron chi connectivity index (χ2n) is 6.44. The summed E-state index contributed by atoms with van der Waals surface area (Å²) in [6.45, 7) is 3.43. The molecule has 0 saturated carbocycles. The van der Waals surface area contributed by atoms with Gasteiger partial charge < -0.3 is 10.4 Å². The number of aryl methyl sites for hydroxylation is 1. The molecule has 0 radical (unpaired) electrons. The summed E-state index contributed by atoms with van der Waals surface area (Å²) in [5.74, 6) is 1.28. The molecule has 0 atom stereocenters. The highest BCUT2D eigenvalue weighted by Crippen LogP contribution is 2.23. The summed E-state index contributed by atoms with van der Waals surface area (Å²) in [4.78, 5) is 13.2. The van der Waals surface area contributed by atoms with Crippen LogP contribution in [0.3, 0.4) is 0 Å². The van der Waals surface area contributed by atoms with E-state index >= 15 is 0 Å². The molecule has 2 heterocycles. The zero-order chi connectivity index (χ0) is 19.5. The SMILES string of the molecule is Cc1cccc(-n2c(=O)c3ccccc3n3c(SCCNCCO)nnc23)c1. The van der Waals surface area contributed by atoms with Crippen molar-refractivity contribution in [3.63, 3.8) is 0 Å². The van der Waals surface area contributed by atoms with Gasteiger partial charge in [-0.2, -0.15) is 0 Å². The molecular weight excluding hydrogens is 374 g/mol. The summed E-state index contributed by atoms with van der Waals surface area (Å²) in [5, 5.41) is 22.1. The van der Waals surface area contributed by atoms with Crippen molar-refractivity contribution in [2.24, 2.45) is 0 Å². The molecule has 144 valence electrons. The summed E-state index contributed by atoms with van der Waals surface area (Å²) in [5.41, 5.74) is 2.53. The molecule has 8 heteroatoms. The number of fused-ring (bicyclic) bond motifs is 3. The average Bonchev–Trinajstić information content (AvgIpc) is 3.12. The molecule has 0 amide bonds. The van der Waals surface area contributed by atoms with Crippen LogP contribution in [-0.2, 0) is 0 Å². The van der Waals surface area contributed by atoms with E-state index in [0.717, 1.165) is 34.2 Å². The molecule has 2 N–H and O–H groups in total. The lowest BCUT2D eigenvalue weighted by Gasteiger charge is -2.12. The van der Waals surface area contributed by atoms with Crippen molar-refractivity contribution in [2.45, 2.75) is 12.1 Å². The Labute approximate surface area is 166 Å². The first kappa shape index (κ1) is 18.7. The molecule has 0 bridgehead atoms. The van der Waals surface area contributed by atoms with Crippen molar-refractivity contribution in [2.75, 3.05) is 25.4 Å². The molecular formula is C20H21N5O2S. The number of aromatic nitrogens is 4. The van der Waals surface area contributed by atoms with E-state index in [1.165, 1.54) is 0 Å². The van der Waals surface area contributed by atoms with Crippen molar-refractivity contribution in [3.05, 3.63) is 64.4 Å². The number of aliphatic hydroxyl groups excluding tert-OH is 1. The minimum absolute atomic E-state index is 0.109. The third kappa shape index (κ3) is 3.42. The van der Waals surface area contributed by atoms with E-state index in [9.17, 15) is 4.79 Å². The van der Waals surface area contributed by atoms with Crippen molar-refractivity contribution >= 4 is 28.4 Å². The van der Waals surface area contributed by atoms with Gasteiger partial charge in [-0.05, 0) is 36.8 Å². The van der Waals surface area contributed by atoms with E-state index in [-0.39, 0.29) is 12.2 Å². The van der Waals surface area contributed by atoms with Gasteiger partial charge in [0.05, 0.1) is 23.2 Å². The highest BCUT2D eigenvalue weighted by Gasteiger charge is 2.17. The number of thioether (sulfide) groups is 1. The van der Waals surface area contributed by atoms with Crippen molar-refractivity contribution in [3.8, 4) is 5.69 Å². The fourth-order valence-corrected chi connectivity index (χ4v) is 4.03. The van der Waals surface area contributed by atoms with Crippen molar-refractivity contribution in [1.29, 1.82) is 0 Å². The monoisotopic (exact) mass is 395 g/mol. The van der Waals surface area contributed by atoms with E-state index < -0.39 is 0 Å². The molecule has 4 rings (SSSR count). The van der Waals surface area contributed by atoms with Crippen molar-refractivity contribution < 1.29 is 5.11 Å². The predicted molar refractivity (Wildman–Crippen MR) is 112 cm³/mol. The number of nitrogens with one attached hydrogen (secondary N) is 1. The highest BCUT2D eigenvalue weighted by atomic mass is 32.2. The van der Waals surface area contributed by atoms with Gasteiger partial charge >= 0.3 is 0 Å². The summed E-state index contributed by atoms with van der Waals surface area (Å²) in [6.07, 6.45) is 0. The van der Waals surface area contributed by atoms with Crippen molar-refractivity contribution in [1.82, 2.24) is 24.5 Å². The molecule has 0 fully saturated rings. The van der Waals surface area contributed by atoms with Gasteiger partial charge in [0.15, 0.2) is 5.16 Å². The first-order valence-electron chi connectivity index (χ1n) is 9.11. The number of para-hydroxylation sites is 1. The number of nitrogens with zero attached hydrogens (tertiary/aromatic N) is 4. The fraction of sp³-hybridized carbons (Fsp3) is 0.250. The lowest BCUT2D eigenvalue weighted by molar-refractivity contribution is 0.294. The average molecular weight is 395 g/mol. The Morgan fingerprint density at radius 3 is 2.79 bits per heavy atom. The molecule has 0 aliphatic carbocycles. The van der Waals surface area contributed by atoms with Crippen LogP contribution in [0, 0.1) is 6.92 Å². The van der Waals surface area contributed by atoms with Gasteiger partial charge in [-0.25, -0.2) is 4.57 Å². The molecule has 7 nitrogen and oxygen atoms in total. The van der Waals surface area contributed by atoms with E-state index in [0.29, 0.717) is 17.7 Å². The van der Waals surface area contributed by atoms with Crippen LogP contribution in [0.4, 0.5) is 0 Å². The van der Waals surface area contributed by atoms with Crippen LogP contribution in [0.25, 0.3) is 22.4 Å². The number of aliphatic hydroxyl groups is 1. The largest absolute Gasteiger partial charge is 0.395 e. The molecule has 0 saturated heterocycles. The number of hydrogen-bond donors (Lipinski definition) is 2. The maximum Gasteiger partial charge on any atom is 0.267 e. The quantitative estimate of drug-likeness (QED) is 0.368. The molecule has 2 aromatic heterocycles. The molecule has 2 aromatic carbocycles. The first-order chi connectivity index (χ1) is 13.7. The lowest BCUT2D eigenvalue weighted by atomic mass is 10.2. The molecule has 0 spiro atoms. The van der Waals surface area contributed by atoms with E-state index in [2.05, 4.69) is 15.5 Å². The topological polar surface area (TPSA) is 84.5 Å². The van der Waals surface area contributed by atoms with Gasteiger partial charge in [0.1, 0.15) is 0 Å². The van der Waals surface area contributed by atoms with Crippen LogP contribution in [0.1, 0.15) is 5.56 Å². The van der Waals surface area contributed by atoms with Gasteiger partial charge in [0.25, 0.3) is 5.56 Å². The first-order valence-corrected chi connectivity index (χ1v) is 10.1. The zero-order valence-corrected chi connectivity index (χ0v) is 16.3. The number of hydrogen-bond acceptors (Lipinski definition) is 6. The van der Waals surface area contributed by atoms with Gasteiger partial charge in [-0.1, -0.05) is 36.0 Å². The van der Waals surface area contributed by atoms with Crippen LogP contribution in [0.5, 0.6) is 0 Å². The Balaban J connectivity index is 1.88. The van der Waals surface area contributed by atoms with Crippen LogP contribution in [0.15, 0.2) is 58.5 Å². The minimum Gasteiger partial charge on any atom is -0.395 e. The Bertz CT molecular complexity index is 1180. The van der Waals surface area contributed by atoms with Crippen LogP contribution >= 0.6 is 11.8 Å². The summed E-state index contributed by atoms with van der Waals surface area (Å²) >= 11 is 1.56. The summed E-state index contributed by atoms with van der Waals surface area (Å²) < 4.78 is 3.56. The van der Waals surface area contributed by atoms with Crippen LogP contribution < -0.4 is 10.9 Å². The Hall–Kier alpha value is -2.68. The Morgan fingerprint density at radius 2 is 1.96 bits per heavy atom. The number of rotatable bonds is 7. The van der Waals surface area contributed by atoms with Gasteiger partial charge in [-0.3, -0.25) is 9.20 Å². The fourth-order valence-electron chi connectivity index (χ4n) is 3.19. The molecule has 0 aliphatic heterocycles. The number of benzene rings is 2. The maximum atomic E-state index is 13.2. The zero-order valence-electron chi connectivity index (χ0n) is 15.5. The summed E-state index contributed by atoms with van der Waals surface area (Å²) in [6, 6.07) is 15.3. The van der Waals surface area contributed by atoms with Crippen LogP contribution in [0.2, 0.25) is 0 Å². The Kier molecular flexibility index (Phi) is 5.43. The third-order valence-corrected chi connectivity index (χ3v) is 5.38. The second-order valence-corrected chi connectivity index (χ2v) is 7.50. The standard InChI is InChI=1S/C20H21N5O2S/c1-14-5-4-6-15(13-14)24-18(27)16-7-2-3-8-17(16)25-19(24)22-23-20(25)28-12-10-21-9-11-26/h2-8,13,21,26H,9-12H2,1H3. The van der Waals surface area contributed by atoms with Gasteiger partial charge in [0.2, 0.25) is 5.78 Å². The van der Waals surface area contributed by atoms with Gasteiger partial charge in [0, 0.05) is 18.8 Å². The minimum atomic E-state index is -0.109. The lowest BCUT2D eigenvalue weighted by Crippen LogP contribution is -2.22. The Morgan fingerprint density at radius 1 is 1.11 bits per heavy atom. The smallest absolute Gasteiger partial charge is 0.267 e. The predicted octanol–water partition coefficient (Wildman–Crippen LogP) is 2.02. The third-order valence-electron chi connectivity index (χ3n) is 4.45. The highest BCUT2D eigenvalue weighted by molar-refractivity contribution is 7.99. The normalized spacial score (nSPS) is 11.5. The summed E-state index contributed by atoms with van der Waals surface area (Å²) in [7, 11) is 0. The van der Waals surface area contributed by atoms with E-state index in [1.54, 1.807) is 16.3 Å². The second kappa shape index (κ2) is 8.14. The molecule has 4 aromatic rings. The maximum absolute atomic E-state index is 13.2. The van der Waals surface area contributed by atoms with E-state index in [1.807, 2.05) is 59.9 Å². The molecule has 0 aliphatic rings. The van der Waals surface area contributed by atoms with Crippen LogP contribution in [-0.4, -0.2) is 49.7 Å².